The van der Waals surface area contributed by atoms with Crippen LogP contribution in [0.25, 0.3) is 11.1 Å². The Hall–Kier alpha value is -3.79. The van der Waals surface area contributed by atoms with Crippen molar-refractivity contribution in [2.24, 2.45) is 0 Å². The first-order valence-electron chi connectivity index (χ1n) is 11.4. The van der Waals surface area contributed by atoms with Gasteiger partial charge in [-0.05, 0) is 42.0 Å². The zero-order valence-electron chi connectivity index (χ0n) is 19.7. The Morgan fingerprint density at radius 3 is 2.09 bits per heavy atom. The number of carbonyl (C=O) groups is 3. The molecule has 0 aliphatic heterocycles. The van der Waals surface area contributed by atoms with E-state index in [4.69, 9.17) is 4.74 Å². The van der Waals surface area contributed by atoms with E-state index in [1.54, 1.807) is 20.8 Å². The molecule has 2 amide bonds. The van der Waals surface area contributed by atoms with Crippen LogP contribution in [0, 0.1) is 11.8 Å². The minimum absolute atomic E-state index is 0.0218. The zero-order chi connectivity index (χ0) is 24.7. The molecule has 3 rings (SSSR count). The molecule has 0 saturated heterocycles. The molecule has 1 aliphatic carbocycles. The van der Waals surface area contributed by atoms with Crippen LogP contribution in [0.1, 0.15) is 57.1 Å². The summed E-state index contributed by atoms with van der Waals surface area (Å²) in [4.78, 5) is 37.4. The summed E-state index contributed by atoms with van der Waals surface area (Å²) in [5.41, 5.74) is 3.13. The van der Waals surface area contributed by atoms with Crippen molar-refractivity contribution >= 4 is 18.0 Å². The van der Waals surface area contributed by atoms with Gasteiger partial charge in [0.25, 0.3) is 0 Å². The van der Waals surface area contributed by atoms with Gasteiger partial charge in [-0.15, -0.1) is 11.8 Å². The van der Waals surface area contributed by atoms with Gasteiger partial charge in [0.15, 0.2) is 0 Å². The SMILES string of the molecule is CC#CCC(NC(=O)C(CC)(CC)NC(=O)OCC1c2ccccc2-c2ccccc21)C(=O)O. The van der Waals surface area contributed by atoms with Crippen molar-refractivity contribution in [3.63, 3.8) is 0 Å². The average Bonchev–Trinajstić information content (AvgIpc) is 3.17. The molecule has 1 aliphatic rings. The first-order valence-corrected chi connectivity index (χ1v) is 11.4. The highest BCUT2D eigenvalue weighted by Gasteiger charge is 2.39. The topological polar surface area (TPSA) is 105 Å². The molecular weight excluding hydrogens is 432 g/mol. The summed E-state index contributed by atoms with van der Waals surface area (Å²) >= 11 is 0. The van der Waals surface area contributed by atoms with Gasteiger partial charge in [0.05, 0.1) is 0 Å². The van der Waals surface area contributed by atoms with Gasteiger partial charge in [-0.2, -0.15) is 0 Å². The van der Waals surface area contributed by atoms with Gasteiger partial charge in [-0.1, -0.05) is 62.4 Å². The Labute approximate surface area is 199 Å². The number of carboxylic acid groups (broad SMARTS) is 1. The molecule has 2 aromatic carbocycles. The molecule has 0 aromatic heterocycles. The van der Waals surface area contributed by atoms with Crippen LogP contribution in [0.2, 0.25) is 0 Å². The van der Waals surface area contributed by atoms with Crippen molar-refractivity contribution in [2.75, 3.05) is 6.61 Å². The minimum atomic E-state index is -1.30. The van der Waals surface area contributed by atoms with Crippen molar-refractivity contribution in [3.8, 4) is 23.0 Å². The molecular formula is C27H30N2O5. The van der Waals surface area contributed by atoms with E-state index in [9.17, 15) is 19.5 Å². The van der Waals surface area contributed by atoms with Gasteiger partial charge in [0.2, 0.25) is 5.91 Å². The monoisotopic (exact) mass is 462 g/mol. The predicted octanol–water partition coefficient (Wildman–Crippen LogP) is 4.07. The molecule has 1 unspecified atom stereocenters. The number of benzene rings is 2. The lowest BCUT2D eigenvalue weighted by molar-refractivity contribution is -0.142. The Morgan fingerprint density at radius 1 is 1.03 bits per heavy atom. The highest BCUT2D eigenvalue weighted by molar-refractivity contribution is 5.92. The molecule has 34 heavy (non-hydrogen) atoms. The van der Waals surface area contributed by atoms with Gasteiger partial charge in [-0.3, -0.25) is 4.79 Å². The summed E-state index contributed by atoms with van der Waals surface area (Å²) in [7, 11) is 0. The van der Waals surface area contributed by atoms with Crippen LogP contribution in [0.5, 0.6) is 0 Å². The van der Waals surface area contributed by atoms with Crippen molar-refractivity contribution in [1.82, 2.24) is 10.6 Å². The molecule has 0 radical (unpaired) electrons. The highest BCUT2D eigenvalue weighted by Crippen LogP contribution is 2.44. The van der Waals surface area contributed by atoms with E-state index in [-0.39, 0.29) is 31.8 Å². The molecule has 1 atom stereocenters. The maximum absolute atomic E-state index is 13.0. The molecule has 0 fully saturated rings. The molecule has 0 heterocycles. The summed E-state index contributed by atoms with van der Waals surface area (Å²) < 4.78 is 5.60. The third kappa shape index (κ3) is 5.07. The summed E-state index contributed by atoms with van der Waals surface area (Å²) in [6.07, 6.45) is -0.205. The summed E-state index contributed by atoms with van der Waals surface area (Å²) in [5, 5.41) is 14.6. The number of alkyl carbamates (subject to hydrolysis) is 1. The second-order valence-corrected chi connectivity index (χ2v) is 8.23. The third-order valence-electron chi connectivity index (χ3n) is 6.41. The molecule has 2 aromatic rings. The number of carboxylic acids is 1. The maximum atomic E-state index is 13.0. The molecule has 7 nitrogen and oxygen atoms in total. The number of hydrogen-bond donors (Lipinski definition) is 3. The second kappa shape index (κ2) is 10.9. The van der Waals surface area contributed by atoms with Gasteiger partial charge >= 0.3 is 12.1 Å². The van der Waals surface area contributed by atoms with Crippen molar-refractivity contribution in [1.29, 1.82) is 0 Å². The van der Waals surface area contributed by atoms with Crippen LogP contribution < -0.4 is 10.6 Å². The summed E-state index contributed by atoms with van der Waals surface area (Å²) in [5.74, 6) is 3.44. The smallest absolute Gasteiger partial charge is 0.408 e. The minimum Gasteiger partial charge on any atom is -0.480 e. The zero-order valence-corrected chi connectivity index (χ0v) is 19.7. The molecule has 0 saturated carbocycles. The first kappa shape index (κ1) is 24.8. The number of amides is 2. The standard InChI is InChI=1S/C27H30N2O5/c1-4-7-16-23(24(30)31)28-25(32)27(5-2,6-3)29-26(33)34-17-22-20-14-10-8-12-18(20)19-13-9-11-15-21(19)22/h8-15,22-23H,5-6,16-17H2,1-3H3,(H,28,32)(H,29,33)(H,30,31). The van der Waals surface area contributed by atoms with E-state index in [1.165, 1.54) is 0 Å². The third-order valence-corrected chi connectivity index (χ3v) is 6.41. The predicted molar refractivity (Wildman–Crippen MR) is 129 cm³/mol. The number of carbonyl (C=O) groups excluding carboxylic acids is 2. The maximum Gasteiger partial charge on any atom is 0.408 e. The van der Waals surface area contributed by atoms with E-state index in [0.717, 1.165) is 22.3 Å². The Morgan fingerprint density at radius 2 is 1.59 bits per heavy atom. The number of aliphatic carboxylic acids is 1. The van der Waals surface area contributed by atoms with Crippen molar-refractivity contribution in [3.05, 3.63) is 59.7 Å². The quantitative estimate of drug-likeness (QED) is 0.488. The first-order chi connectivity index (χ1) is 16.4. The molecule has 0 bridgehead atoms. The fourth-order valence-electron chi connectivity index (χ4n) is 4.34. The number of nitrogens with one attached hydrogen (secondary N) is 2. The average molecular weight is 463 g/mol. The largest absolute Gasteiger partial charge is 0.480 e. The van der Waals surface area contributed by atoms with Gasteiger partial charge in [0, 0.05) is 12.3 Å². The Balaban J connectivity index is 1.71. The highest BCUT2D eigenvalue weighted by atomic mass is 16.5. The molecule has 3 N–H and O–H groups in total. The second-order valence-electron chi connectivity index (χ2n) is 8.23. The lowest BCUT2D eigenvalue weighted by Crippen LogP contribution is -2.60. The number of ether oxygens (including phenoxy) is 1. The van der Waals surface area contributed by atoms with E-state index >= 15 is 0 Å². The summed E-state index contributed by atoms with van der Waals surface area (Å²) in [6.45, 7) is 5.24. The Bertz CT molecular complexity index is 1080. The fourth-order valence-corrected chi connectivity index (χ4v) is 4.34. The van der Waals surface area contributed by atoms with E-state index in [0.29, 0.717) is 0 Å². The lowest BCUT2D eigenvalue weighted by Gasteiger charge is -2.32. The Kier molecular flexibility index (Phi) is 7.95. The van der Waals surface area contributed by atoms with Crippen LogP contribution >= 0.6 is 0 Å². The van der Waals surface area contributed by atoms with E-state index < -0.39 is 29.6 Å². The number of hydrogen-bond acceptors (Lipinski definition) is 4. The van der Waals surface area contributed by atoms with Crippen LogP contribution in [0.3, 0.4) is 0 Å². The number of rotatable bonds is 9. The van der Waals surface area contributed by atoms with Crippen LogP contribution in [0.4, 0.5) is 4.79 Å². The lowest BCUT2D eigenvalue weighted by atomic mass is 9.91. The van der Waals surface area contributed by atoms with E-state index in [1.807, 2.05) is 36.4 Å². The number of fused-ring (bicyclic) bond motifs is 3. The molecule has 178 valence electrons. The van der Waals surface area contributed by atoms with Crippen molar-refractivity contribution in [2.45, 2.75) is 57.5 Å². The van der Waals surface area contributed by atoms with E-state index in [2.05, 4.69) is 34.6 Å². The molecule has 7 heteroatoms. The van der Waals surface area contributed by atoms with Crippen LogP contribution in [-0.2, 0) is 14.3 Å². The van der Waals surface area contributed by atoms with Gasteiger partial charge in [0.1, 0.15) is 18.2 Å². The van der Waals surface area contributed by atoms with Crippen LogP contribution in [-0.4, -0.2) is 41.3 Å². The van der Waals surface area contributed by atoms with Crippen molar-refractivity contribution < 1.29 is 24.2 Å². The van der Waals surface area contributed by atoms with Gasteiger partial charge < -0.3 is 20.5 Å². The molecule has 0 spiro atoms. The fraction of sp³-hybridized carbons (Fsp3) is 0.370. The van der Waals surface area contributed by atoms with Gasteiger partial charge in [-0.25, -0.2) is 9.59 Å². The normalized spacial score (nSPS) is 13.0. The van der Waals surface area contributed by atoms with Crippen LogP contribution in [0.15, 0.2) is 48.5 Å². The summed E-state index contributed by atoms with van der Waals surface area (Å²) in [6, 6.07) is 14.9.